The molecule has 1 fully saturated rings. The number of rotatable bonds is 5. The van der Waals surface area contributed by atoms with E-state index in [9.17, 15) is 19.5 Å². The number of carbonyl (C=O) groups is 2. The molecule has 2 unspecified atom stereocenters. The third kappa shape index (κ3) is 4.78. The van der Waals surface area contributed by atoms with Crippen molar-refractivity contribution in [1.29, 1.82) is 0 Å². The number of carbonyl (C=O) groups excluding carboxylic acids is 2. The maximum Gasteiger partial charge on any atom is 0.281 e. The minimum atomic E-state index is -1.03. The lowest BCUT2D eigenvalue weighted by Crippen LogP contribution is -2.66. The number of hydrogen-bond acceptors (Lipinski definition) is 6. The fourth-order valence-corrected chi connectivity index (χ4v) is 7.20. The molecule has 47 heavy (non-hydrogen) atoms. The first-order valence-electron chi connectivity index (χ1n) is 15.4. The van der Waals surface area contributed by atoms with Gasteiger partial charge in [-0.3, -0.25) is 23.9 Å². The number of likely N-dealkylation sites (N-methyl/N-ethyl adjacent to an activating group) is 1. The van der Waals surface area contributed by atoms with Crippen molar-refractivity contribution in [3.63, 3.8) is 0 Å². The third-order valence-electron chi connectivity index (χ3n) is 9.17. The van der Waals surface area contributed by atoms with E-state index >= 15 is 8.78 Å². The van der Waals surface area contributed by atoms with Crippen LogP contribution in [0.25, 0.3) is 27.7 Å². The molecule has 1 N–H and O–H groups in total. The Labute approximate surface area is 275 Å². The molecule has 2 aliphatic heterocycles. The molecule has 2 amide bonds. The van der Waals surface area contributed by atoms with Crippen molar-refractivity contribution in [2.24, 2.45) is 0 Å². The highest BCUT2D eigenvalue weighted by atomic mass is 35.5. The lowest BCUT2D eigenvalue weighted by molar-refractivity contribution is -0.130. The number of aromatic nitrogens is 2. The molecule has 244 valence electrons. The van der Waals surface area contributed by atoms with Crippen molar-refractivity contribution >= 4 is 45.7 Å². The molecule has 2 aromatic heterocycles. The van der Waals surface area contributed by atoms with E-state index in [1.807, 2.05) is 27.7 Å². The maximum absolute atomic E-state index is 17.4. The number of anilines is 2. The Morgan fingerprint density at radius 2 is 1.87 bits per heavy atom. The van der Waals surface area contributed by atoms with E-state index in [1.54, 1.807) is 22.1 Å². The zero-order valence-electron chi connectivity index (χ0n) is 26.6. The molecular weight excluding hydrogens is 628 g/mol. The molecule has 0 bridgehead atoms. The standard InChI is InChI=1S/C35H34ClF2N5O4/c1-7-19-12-13-39-29(17(3)4)30(19)43-31-20(14-21(36)26(28(31)38)27-22(37)10-9-11-24(27)44)32-33(35(43)47)40(6)34(46)23-16-41(25(45)8-2)18(5)15-42(23)32/h8-14,17-18,23,44H,2,7,15-16H2,1,3-6H3. The summed E-state index contributed by atoms with van der Waals surface area (Å²) in [7, 11) is 1.48. The summed E-state index contributed by atoms with van der Waals surface area (Å²) in [6, 6.07) is 5.50. The Balaban J connectivity index is 1.81. The average Bonchev–Trinajstić information content (AvgIpc) is 3.03. The molecule has 0 saturated carbocycles. The van der Waals surface area contributed by atoms with Gasteiger partial charge in [0.1, 0.15) is 23.3 Å². The Morgan fingerprint density at radius 1 is 1.15 bits per heavy atom. The number of amides is 2. The van der Waals surface area contributed by atoms with E-state index in [2.05, 4.69) is 11.6 Å². The van der Waals surface area contributed by atoms with Crippen molar-refractivity contribution in [2.45, 2.75) is 52.1 Å². The van der Waals surface area contributed by atoms with Crippen LogP contribution in [-0.2, 0) is 16.0 Å². The largest absolute Gasteiger partial charge is 0.507 e. The van der Waals surface area contributed by atoms with Crippen molar-refractivity contribution in [1.82, 2.24) is 14.5 Å². The zero-order chi connectivity index (χ0) is 34.1. The number of phenolic OH excluding ortho intramolecular Hbond substituents is 1. The number of aromatic hydroxyl groups is 1. The molecule has 0 aliphatic carbocycles. The van der Waals surface area contributed by atoms with Gasteiger partial charge in [0, 0.05) is 36.8 Å². The first kappa shape index (κ1) is 32.2. The van der Waals surface area contributed by atoms with E-state index in [-0.39, 0.29) is 52.2 Å². The van der Waals surface area contributed by atoms with Crippen molar-refractivity contribution in [3.05, 3.63) is 87.5 Å². The number of phenols is 1. The highest BCUT2D eigenvalue weighted by molar-refractivity contribution is 6.35. The predicted octanol–water partition coefficient (Wildman–Crippen LogP) is 5.94. The second kappa shape index (κ2) is 11.8. The predicted molar refractivity (Wildman–Crippen MR) is 179 cm³/mol. The molecule has 4 aromatic rings. The summed E-state index contributed by atoms with van der Waals surface area (Å²) in [5, 5.41) is 10.7. The van der Waals surface area contributed by atoms with Crippen LogP contribution in [0.15, 0.2) is 54.0 Å². The molecule has 12 heteroatoms. The highest BCUT2D eigenvalue weighted by Gasteiger charge is 2.46. The Hall–Kier alpha value is -4.77. The number of aryl methyl sites for hydroxylation is 1. The quantitative estimate of drug-likeness (QED) is 0.266. The van der Waals surface area contributed by atoms with Crippen LogP contribution < -0.4 is 15.4 Å². The smallest absolute Gasteiger partial charge is 0.281 e. The molecule has 4 heterocycles. The van der Waals surface area contributed by atoms with Gasteiger partial charge < -0.3 is 19.8 Å². The summed E-state index contributed by atoms with van der Waals surface area (Å²) in [6.07, 6.45) is 3.28. The Bertz CT molecular complexity index is 2040. The number of pyridine rings is 2. The fraction of sp³-hybridized carbons (Fsp3) is 0.314. The lowest BCUT2D eigenvalue weighted by Gasteiger charge is -2.50. The van der Waals surface area contributed by atoms with Crippen molar-refractivity contribution < 1.29 is 23.5 Å². The van der Waals surface area contributed by atoms with E-state index in [0.29, 0.717) is 23.4 Å². The number of nitrogens with zero attached hydrogens (tertiary/aromatic N) is 5. The van der Waals surface area contributed by atoms with Gasteiger partial charge >= 0.3 is 0 Å². The number of hydrogen-bond donors (Lipinski definition) is 1. The van der Waals surface area contributed by atoms with Gasteiger partial charge in [0.05, 0.1) is 39.7 Å². The first-order valence-corrected chi connectivity index (χ1v) is 15.8. The second-order valence-electron chi connectivity index (χ2n) is 12.2. The van der Waals surface area contributed by atoms with Crippen LogP contribution in [0.5, 0.6) is 5.75 Å². The maximum atomic E-state index is 17.4. The second-order valence-corrected chi connectivity index (χ2v) is 12.6. The molecule has 0 radical (unpaired) electrons. The SMILES string of the molecule is C=CC(=O)N1CC2C(=O)N(C)c3c(c4cc(Cl)c(-c5c(O)cccc5F)c(F)c4n(-c4c(CC)ccnc4C(C)C)c3=O)N2CC1C. The van der Waals surface area contributed by atoms with Gasteiger partial charge in [-0.05, 0) is 55.2 Å². The van der Waals surface area contributed by atoms with E-state index in [4.69, 9.17) is 11.6 Å². The van der Waals surface area contributed by atoms with Crippen LogP contribution >= 0.6 is 11.6 Å². The minimum absolute atomic E-state index is 0.00650. The van der Waals surface area contributed by atoms with E-state index < -0.39 is 52.1 Å². The Kier molecular flexibility index (Phi) is 8.07. The van der Waals surface area contributed by atoms with Gasteiger partial charge in [-0.1, -0.05) is 45.0 Å². The summed E-state index contributed by atoms with van der Waals surface area (Å²) >= 11 is 6.78. The summed E-state index contributed by atoms with van der Waals surface area (Å²) in [6.45, 7) is 11.3. The van der Waals surface area contributed by atoms with Crippen molar-refractivity contribution in [2.75, 3.05) is 29.9 Å². The lowest BCUT2D eigenvalue weighted by atomic mass is 9.95. The number of halogens is 3. The topological polar surface area (TPSA) is 99.0 Å². The molecular formula is C35H34ClF2N5O4. The zero-order valence-corrected chi connectivity index (χ0v) is 27.4. The van der Waals surface area contributed by atoms with Gasteiger partial charge in [-0.15, -0.1) is 0 Å². The summed E-state index contributed by atoms with van der Waals surface area (Å²) in [5.74, 6) is -3.42. The molecule has 6 rings (SSSR count). The van der Waals surface area contributed by atoms with Crippen molar-refractivity contribution in [3.8, 4) is 22.6 Å². The molecule has 2 aromatic carbocycles. The van der Waals surface area contributed by atoms with Crippen LogP contribution in [0, 0.1) is 11.6 Å². The monoisotopic (exact) mass is 661 g/mol. The van der Waals surface area contributed by atoms with Gasteiger partial charge in [0.2, 0.25) is 5.91 Å². The van der Waals surface area contributed by atoms with Gasteiger partial charge in [0.15, 0.2) is 5.82 Å². The van der Waals surface area contributed by atoms with E-state index in [1.165, 1.54) is 40.8 Å². The van der Waals surface area contributed by atoms with Crippen LogP contribution in [0.2, 0.25) is 5.02 Å². The molecule has 9 nitrogen and oxygen atoms in total. The van der Waals surface area contributed by atoms with Gasteiger partial charge in [-0.25, -0.2) is 8.78 Å². The molecule has 2 atom stereocenters. The summed E-state index contributed by atoms with van der Waals surface area (Å²) < 4.78 is 33.9. The normalized spacial score (nSPS) is 17.7. The van der Waals surface area contributed by atoms with Gasteiger partial charge in [0.25, 0.3) is 11.5 Å². The van der Waals surface area contributed by atoms with Crippen LogP contribution in [0.1, 0.15) is 44.9 Å². The Morgan fingerprint density at radius 3 is 2.51 bits per heavy atom. The van der Waals surface area contributed by atoms with Crippen LogP contribution in [0.3, 0.4) is 0 Å². The average molecular weight is 662 g/mol. The summed E-state index contributed by atoms with van der Waals surface area (Å²) in [4.78, 5) is 50.7. The minimum Gasteiger partial charge on any atom is -0.507 e. The van der Waals surface area contributed by atoms with Crippen LogP contribution in [-0.4, -0.2) is 63.6 Å². The van der Waals surface area contributed by atoms with E-state index in [0.717, 1.165) is 6.07 Å². The van der Waals surface area contributed by atoms with Gasteiger partial charge in [-0.2, -0.15) is 0 Å². The number of fused-ring (bicyclic) bond motifs is 5. The van der Waals surface area contributed by atoms with Crippen LogP contribution in [0.4, 0.5) is 20.2 Å². The third-order valence-corrected chi connectivity index (χ3v) is 9.46. The molecule has 0 spiro atoms. The molecule has 1 saturated heterocycles. The fourth-order valence-electron chi connectivity index (χ4n) is 6.91. The first-order chi connectivity index (χ1) is 22.3. The number of benzene rings is 2. The summed E-state index contributed by atoms with van der Waals surface area (Å²) in [5.41, 5.74) is 0.0846. The highest BCUT2D eigenvalue weighted by Crippen LogP contribution is 2.47. The molecule has 2 aliphatic rings. The number of piperazine rings is 1.